The monoisotopic (exact) mass is 271 g/mol. The minimum atomic E-state index is -0.723. The van der Waals surface area contributed by atoms with Crippen LogP contribution in [0.3, 0.4) is 0 Å². The average Bonchev–Trinajstić information content (AvgIpc) is 2.35. The summed E-state index contributed by atoms with van der Waals surface area (Å²) in [6.45, 7) is 0. The smallest absolute Gasteiger partial charge is 0.300 e. The molecule has 0 unspecified atom stereocenters. The number of nitro benzene ring substituents is 2. The van der Waals surface area contributed by atoms with E-state index >= 15 is 0 Å². The third-order valence-electron chi connectivity index (χ3n) is 1.93. The van der Waals surface area contributed by atoms with Crippen LogP contribution >= 0.6 is 12.2 Å². The highest BCUT2D eigenvalue weighted by Crippen LogP contribution is 2.28. The molecule has 1 aromatic carbocycles. The molecule has 0 radical (unpaired) electrons. The van der Waals surface area contributed by atoms with Crippen LogP contribution in [0.4, 0.5) is 17.1 Å². The molecule has 9 nitrogen and oxygen atoms in total. The lowest BCUT2D eigenvalue weighted by molar-refractivity contribution is -0.393. The van der Waals surface area contributed by atoms with Gasteiger partial charge in [0.15, 0.2) is 5.11 Å². The van der Waals surface area contributed by atoms with E-state index in [9.17, 15) is 20.2 Å². The summed E-state index contributed by atoms with van der Waals surface area (Å²) in [5.41, 5.74) is 4.28. The Labute approximate surface area is 106 Å². The highest BCUT2D eigenvalue weighted by Gasteiger charge is 2.19. The van der Waals surface area contributed by atoms with Gasteiger partial charge in [0.1, 0.15) is 5.69 Å². The number of non-ortho nitro benzene ring substituents is 1. The Hall–Kier alpha value is -2.49. The number of thiocarbonyl (C=S) groups is 1. The number of nitrogens with zero attached hydrogens (tertiary/aromatic N) is 2. The number of benzene rings is 1. The second kappa shape index (κ2) is 5.72. The summed E-state index contributed by atoms with van der Waals surface area (Å²) in [6, 6.07) is 3.24. The van der Waals surface area contributed by atoms with E-state index < -0.39 is 15.5 Å². The normalized spacial score (nSPS) is 9.39. The Morgan fingerprint density at radius 2 is 1.94 bits per heavy atom. The predicted octanol–water partition coefficient (Wildman–Crippen LogP) is 0.924. The summed E-state index contributed by atoms with van der Waals surface area (Å²) >= 11 is 4.77. The van der Waals surface area contributed by atoms with Gasteiger partial charge in [0.05, 0.1) is 15.9 Å². The maximum absolute atomic E-state index is 10.8. The van der Waals surface area contributed by atoms with Crippen LogP contribution in [0.25, 0.3) is 0 Å². The molecule has 0 aliphatic heterocycles. The van der Waals surface area contributed by atoms with Crippen molar-refractivity contribution in [1.82, 2.24) is 10.7 Å². The topological polar surface area (TPSA) is 122 Å². The molecule has 0 atom stereocenters. The zero-order chi connectivity index (χ0) is 13.7. The molecule has 0 fully saturated rings. The first-order valence-corrected chi connectivity index (χ1v) is 5.03. The van der Waals surface area contributed by atoms with Crippen LogP contribution in [0.5, 0.6) is 0 Å². The fourth-order valence-electron chi connectivity index (χ4n) is 1.08. The lowest BCUT2D eigenvalue weighted by atomic mass is 10.2. The van der Waals surface area contributed by atoms with E-state index in [1.165, 1.54) is 6.07 Å². The molecule has 0 heterocycles. The summed E-state index contributed by atoms with van der Waals surface area (Å²) in [7, 11) is 1.57. The Morgan fingerprint density at radius 1 is 1.28 bits per heavy atom. The third kappa shape index (κ3) is 3.25. The molecule has 3 N–H and O–H groups in total. The molecule has 0 spiro atoms. The van der Waals surface area contributed by atoms with E-state index in [2.05, 4.69) is 16.2 Å². The predicted molar refractivity (Wildman–Crippen MR) is 68.2 cm³/mol. The molecule has 1 rings (SSSR count). The zero-order valence-corrected chi connectivity index (χ0v) is 9.98. The number of anilines is 1. The van der Waals surface area contributed by atoms with Gasteiger partial charge in [-0.25, -0.2) is 0 Å². The lowest BCUT2D eigenvalue weighted by Gasteiger charge is -2.09. The Bertz CT molecular complexity index is 506. The summed E-state index contributed by atoms with van der Waals surface area (Å²) in [4.78, 5) is 19.9. The van der Waals surface area contributed by atoms with E-state index in [0.29, 0.717) is 0 Å². The van der Waals surface area contributed by atoms with Crippen LogP contribution in [0.1, 0.15) is 0 Å². The van der Waals surface area contributed by atoms with Crippen molar-refractivity contribution in [1.29, 1.82) is 0 Å². The van der Waals surface area contributed by atoms with Gasteiger partial charge in [-0.3, -0.25) is 31.1 Å². The van der Waals surface area contributed by atoms with E-state index in [-0.39, 0.29) is 16.5 Å². The number of rotatable bonds is 4. The number of nitrogens with one attached hydrogen (secondary N) is 3. The lowest BCUT2D eigenvalue weighted by Crippen LogP contribution is -2.36. The Kier molecular flexibility index (Phi) is 4.32. The fraction of sp³-hybridized carbons (Fsp3) is 0.125. The second-order valence-electron chi connectivity index (χ2n) is 3.04. The van der Waals surface area contributed by atoms with Crippen molar-refractivity contribution in [2.45, 2.75) is 0 Å². The van der Waals surface area contributed by atoms with Crippen molar-refractivity contribution in [3.05, 3.63) is 38.4 Å². The van der Waals surface area contributed by atoms with Crippen LogP contribution in [-0.2, 0) is 0 Å². The van der Waals surface area contributed by atoms with Crippen LogP contribution < -0.4 is 16.2 Å². The van der Waals surface area contributed by atoms with Crippen LogP contribution in [-0.4, -0.2) is 22.0 Å². The maximum atomic E-state index is 10.8. The number of hydrogen-bond acceptors (Lipinski definition) is 6. The SMILES string of the molecule is CNC(=S)NNc1ccc([N+](=O)[O-])cc1[N+](=O)[O-]. The number of hydrogen-bond donors (Lipinski definition) is 3. The molecular formula is C8H9N5O4S. The first-order valence-electron chi connectivity index (χ1n) is 4.62. The molecule has 1 aromatic rings. The molecule has 0 aromatic heterocycles. The Morgan fingerprint density at radius 3 is 2.44 bits per heavy atom. The summed E-state index contributed by atoms with van der Waals surface area (Å²) in [5, 5.41) is 24.1. The van der Waals surface area contributed by atoms with Gasteiger partial charge < -0.3 is 5.32 Å². The van der Waals surface area contributed by atoms with Crippen molar-refractivity contribution in [3.63, 3.8) is 0 Å². The zero-order valence-electron chi connectivity index (χ0n) is 9.17. The molecule has 96 valence electrons. The van der Waals surface area contributed by atoms with Gasteiger partial charge in [0, 0.05) is 13.1 Å². The van der Waals surface area contributed by atoms with Gasteiger partial charge >= 0.3 is 5.69 Å². The number of nitro groups is 2. The maximum Gasteiger partial charge on any atom is 0.300 e. The molecule has 0 amide bonds. The van der Waals surface area contributed by atoms with Crippen molar-refractivity contribution >= 4 is 34.4 Å². The molecule has 18 heavy (non-hydrogen) atoms. The van der Waals surface area contributed by atoms with E-state index in [1.54, 1.807) is 7.05 Å². The molecule has 0 aliphatic carbocycles. The third-order valence-corrected chi connectivity index (χ3v) is 2.23. The number of hydrazine groups is 1. The minimum absolute atomic E-state index is 0.0724. The highest BCUT2D eigenvalue weighted by molar-refractivity contribution is 7.80. The minimum Gasteiger partial charge on any atom is -0.364 e. The molecule has 0 saturated heterocycles. The van der Waals surface area contributed by atoms with Gasteiger partial charge in [-0.15, -0.1) is 0 Å². The van der Waals surface area contributed by atoms with Crippen LogP contribution in [0, 0.1) is 20.2 Å². The molecule has 10 heteroatoms. The first-order chi connectivity index (χ1) is 8.45. The van der Waals surface area contributed by atoms with Crippen molar-refractivity contribution in [2.75, 3.05) is 12.5 Å². The van der Waals surface area contributed by atoms with Crippen molar-refractivity contribution < 1.29 is 9.85 Å². The summed E-state index contributed by atoms with van der Waals surface area (Å²) < 4.78 is 0. The van der Waals surface area contributed by atoms with Crippen molar-refractivity contribution in [3.8, 4) is 0 Å². The highest BCUT2D eigenvalue weighted by atomic mass is 32.1. The standard InChI is InChI=1S/C8H9N5O4S/c1-9-8(18)11-10-6-3-2-5(12(14)15)4-7(6)13(16)17/h2-4,10H,1H3,(H2,9,11,18). The van der Waals surface area contributed by atoms with E-state index in [1.807, 2.05) is 0 Å². The quantitative estimate of drug-likeness (QED) is 0.420. The Balaban J connectivity index is 3.00. The van der Waals surface area contributed by atoms with Gasteiger partial charge in [-0.2, -0.15) is 0 Å². The largest absolute Gasteiger partial charge is 0.364 e. The van der Waals surface area contributed by atoms with Gasteiger partial charge in [-0.1, -0.05) is 0 Å². The average molecular weight is 271 g/mol. The first kappa shape index (κ1) is 13.6. The van der Waals surface area contributed by atoms with E-state index in [0.717, 1.165) is 12.1 Å². The van der Waals surface area contributed by atoms with Gasteiger partial charge in [0.2, 0.25) is 0 Å². The summed E-state index contributed by atoms with van der Waals surface area (Å²) in [6.07, 6.45) is 0. The van der Waals surface area contributed by atoms with Crippen molar-refractivity contribution in [2.24, 2.45) is 0 Å². The molecule has 0 saturated carbocycles. The summed E-state index contributed by atoms with van der Waals surface area (Å²) in [5.74, 6) is 0. The van der Waals surface area contributed by atoms with Gasteiger partial charge in [0.25, 0.3) is 5.69 Å². The van der Waals surface area contributed by atoms with E-state index in [4.69, 9.17) is 12.2 Å². The molecule has 0 bridgehead atoms. The van der Waals surface area contributed by atoms with Crippen LogP contribution in [0.2, 0.25) is 0 Å². The second-order valence-corrected chi connectivity index (χ2v) is 3.45. The molecule has 0 aliphatic rings. The fourth-order valence-corrected chi connectivity index (χ4v) is 1.13. The van der Waals surface area contributed by atoms with Crippen LogP contribution in [0.15, 0.2) is 18.2 Å². The molecular weight excluding hydrogens is 262 g/mol. The van der Waals surface area contributed by atoms with Gasteiger partial charge in [-0.05, 0) is 18.3 Å².